The first-order valence-corrected chi connectivity index (χ1v) is 15.4. The van der Waals surface area contributed by atoms with Gasteiger partial charge in [-0.05, 0) is 78.9 Å². The Morgan fingerprint density at radius 2 is 1.58 bits per heavy atom. The van der Waals surface area contributed by atoms with Crippen LogP contribution < -0.4 is 25.7 Å². The number of nitrogens with one attached hydrogen (secondary N) is 1. The molecule has 43 heavy (non-hydrogen) atoms. The number of carbonyl (C=O) groups excluding carboxylic acids is 1. The van der Waals surface area contributed by atoms with Crippen LogP contribution in [0.5, 0.6) is 11.5 Å². The van der Waals surface area contributed by atoms with Crippen molar-refractivity contribution in [3.63, 3.8) is 0 Å². The van der Waals surface area contributed by atoms with Crippen LogP contribution in [0.1, 0.15) is 29.5 Å². The van der Waals surface area contributed by atoms with Crippen molar-refractivity contribution in [2.75, 3.05) is 13.7 Å². The second-order valence-electron chi connectivity index (χ2n) is 9.57. The molecule has 0 aliphatic carbocycles. The summed E-state index contributed by atoms with van der Waals surface area (Å²) in [6, 6.07) is 28.1. The van der Waals surface area contributed by atoms with Gasteiger partial charge in [-0.1, -0.05) is 60.7 Å². The summed E-state index contributed by atoms with van der Waals surface area (Å²) >= 11 is 5.44. The zero-order valence-corrected chi connectivity index (χ0v) is 25.2. The Labute approximate surface area is 256 Å². The highest BCUT2D eigenvalue weighted by molar-refractivity contribution is 7.89. The molecule has 0 aliphatic rings. The molecule has 0 spiro atoms. The van der Waals surface area contributed by atoms with Crippen molar-refractivity contribution in [1.29, 1.82) is 0 Å². The lowest BCUT2D eigenvalue weighted by atomic mass is 10.0. The Balaban J connectivity index is 1.23. The lowest BCUT2D eigenvalue weighted by molar-refractivity contribution is 0.200. The number of hydrogen-bond acceptors (Lipinski definition) is 6. The van der Waals surface area contributed by atoms with Crippen molar-refractivity contribution in [3.8, 4) is 22.6 Å². The van der Waals surface area contributed by atoms with E-state index in [0.29, 0.717) is 34.2 Å². The number of primary sulfonamides is 1. The van der Waals surface area contributed by atoms with Crippen molar-refractivity contribution < 1.29 is 22.7 Å². The van der Waals surface area contributed by atoms with Gasteiger partial charge >= 0.3 is 6.09 Å². The minimum atomic E-state index is -3.88. The molecule has 1 amide bonds. The Morgan fingerprint density at radius 3 is 2.28 bits per heavy atom. The van der Waals surface area contributed by atoms with E-state index in [1.165, 1.54) is 6.07 Å². The van der Waals surface area contributed by atoms with Gasteiger partial charge in [-0.15, -0.1) is 0 Å². The maximum Gasteiger partial charge on any atom is 0.412 e. The van der Waals surface area contributed by atoms with E-state index in [0.717, 1.165) is 41.7 Å². The SMILES string of the molecule is COc1ccc(C(=S)N=C(N)c2cccc(CCCCNC(=O)Oc3ccc(-c4ccccc4S(N)(=O)=O)cc3)c2)cc1. The molecule has 0 atom stereocenters. The van der Waals surface area contributed by atoms with Crippen LogP contribution in [0.2, 0.25) is 0 Å². The van der Waals surface area contributed by atoms with Crippen LogP contribution in [0.4, 0.5) is 4.79 Å². The molecule has 4 aromatic carbocycles. The minimum Gasteiger partial charge on any atom is -0.497 e. The fourth-order valence-electron chi connectivity index (χ4n) is 4.30. The highest BCUT2D eigenvalue weighted by Crippen LogP contribution is 2.28. The quantitative estimate of drug-likeness (QED) is 0.0908. The van der Waals surface area contributed by atoms with E-state index >= 15 is 0 Å². The number of carbonyl (C=O) groups is 1. The number of hydrogen-bond donors (Lipinski definition) is 3. The van der Waals surface area contributed by atoms with E-state index in [9.17, 15) is 13.2 Å². The van der Waals surface area contributed by atoms with Crippen molar-refractivity contribution in [3.05, 3.63) is 114 Å². The van der Waals surface area contributed by atoms with Gasteiger partial charge in [-0.25, -0.2) is 23.3 Å². The molecule has 0 radical (unpaired) electrons. The number of aliphatic imine (C=N–C) groups is 1. The topological polar surface area (TPSA) is 146 Å². The van der Waals surface area contributed by atoms with Crippen molar-refractivity contribution in [1.82, 2.24) is 5.32 Å². The number of nitrogens with two attached hydrogens (primary N) is 2. The Morgan fingerprint density at radius 1 is 0.884 bits per heavy atom. The van der Waals surface area contributed by atoms with Crippen LogP contribution in [-0.4, -0.2) is 39.0 Å². The molecule has 9 nitrogen and oxygen atoms in total. The highest BCUT2D eigenvalue weighted by Gasteiger charge is 2.15. The molecule has 0 aromatic heterocycles. The summed E-state index contributed by atoms with van der Waals surface area (Å²) in [5.41, 5.74) is 10.0. The van der Waals surface area contributed by atoms with Crippen LogP contribution in [0.25, 0.3) is 11.1 Å². The maximum absolute atomic E-state index is 12.3. The molecular formula is C32H32N4O5S2. The van der Waals surface area contributed by atoms with Crippen LogP contribution in [-0.2, 0) is 16.4 Å². The number of methoxy groups -OCH3 is 1. The van der Waals surface area contributed by atoms with Gasteiger partial charge in [0.25, 0.3) is 0 Å². The zero-order valence-electron chi connectivity index (χ0n) is 23.5. The first kappa shape index (κ1) is 31.4. The van der Waals surface area contributed by atoms with Crippen LogP contribution in [0, 0.1) is 0 Å². The van der Waals surface area contributed by atoms with E-state index in [-0.39, 0.29) is 4.90 Å². The normalized spacial score (nSPS) is 11.5. The van der Waals surface area contributed by atoms with Crippen molar-refractivity contribution in [2.45, 2.75) is 24.2 Å². The predicted molar refractivity (Wildman–Crippen MR) is 172 cm³/mol. The van der Waals surface area contributed by atoms with Gasteiger partial charge in [0, 0.05) is 23.2 Å². The number of amidine groups is 1. The van der Waals surface area contributed by atoms with E-state index < -0.39 is 16.1 Å². The molecule has 11 heteroatoms. The number of thiocarbonyl (C=S) groups is 1. The lowest BCUT2D eigenvalue weighted by Crippen LogP contribution is -2.27. The van der Waals surface area contributed by atoms with E-state index in [1.54, 1.807) is 49.6 Å². The molecule has 4 aromatic rings. The molecule has 0 heterocycles. The van der Waals surface area contributed by atoms with Gasteiger partial charge in [-0.2, -0.15) is 0 Å². The Hall–Kier alpha value is -4.58. The molecular weight excluding hydrogens is 585 g/mol. The van der Waals surface area contributed by atoms with Crippen molar-refractivity contribution in [2.24, 2.45) is 15.9 Å². The van der Waals surface area contributed by atoms with E-state index in [4.69, 9.17) is 32.6 Å². The average molecular weight is 617 g/mol. The van der Waals surface area contributed by atoms with Crippen molar-refractivity contribution >= 4 is 39.2 Å². The summed E-state index contributed by atoms with van der Waals surface area (Å²) < 4.78 is 34.3. The molecule has 4 rings (SSSR count). The van der Waals surface area contributed by atoms with Gasteiger partial charge in [0.15, 0.2) is 0 Å². The minimum absolute atomic E-state index is 0.0264. The molecule has 0 saturated carbocycles. The van der Waals surface area contributed by atoms with Gasteiger partial charge in [0.05, 0.1) is 12.0 Å². The number of amides is 1. The predicted octanol–water partition coefficient (Wildman–Crippen LogP) is 5.20. The van der Waals surface area contributed by atoms with Gasteiger partial charge < -0.3 is 20.5 Å². The number of ether oxygens (including phenoxy) is 2. The third-order valence-corrected chi connectivity index (χ3v) is 7.81. The number of benzene rings is 4. The monoisotopic (exact) mass is 616 g/mol. The number of sulfonamides is 1. The van der Waals surface area contributed by atoms with Gasteiger partial charge in [0.2, 0.25) is 10.0 Å². The van der Waals surface area contributed by atoms with Crippen LogP contribution in [0.15, 0.2) is 107 Å². The van der Waals surface area contributed by atoms with Crippen LogP contribution in [0.3, 0.4) is 0 Å². The van der Waals surface area contributed by atoms with Gasteiger partial charge in [-0.3, -0.25) is 0 Å². The molecule has 0 fully saturated rings. The zero-order chi connectivity index (χ0) is 30.8. The standard InChI is InChI=1S/C32H32N4O5S2/c1-40-26-16-14-24(15-17-26)31(42)36-30(33)25-9-6-8-22(21-25)7-4-5-20-35-32(37)41-27-18-12-23(13-19-27)28-10-2-3-11-29(28)43(34,38)39/h2-3,6,8-19,21H,4-5,7,20H2,1H3,(H,35,37)(H2,33,36,42)(H2,34,38,39). The third kappa shape index (κ3) is 8.95. The lowest BCUT2D eigenvalue weighted by Gasteiger charge is -2.10. The smallest absolute Gasteiger partial charge is 0.412 e. The number of aryl methyl sites for hydroxylation is 1. The molecule has 0 aliphatic heterocycles. The molecule has 0 unspecified atom stereocenters. The summed E-state index contributed by atoms with van der Waals surface area (Å²) in [5, 5.41) is 8.08. The number of rotatable bonds is 11. The summed E-state index contributed by atoms with van der Waals surface area (Å²) in [4.78, 5) is 17.1. The fraction of sp³-hybridized carbons (Fsp3) is 0.156. The molecule has 0 bridgehead atoms. The van der Waals surface area contributed by atoms with Gasteiger partial charge in [0.1, 0.15) is 22.3 Å². The summed E-state index contributed by atoms with van der Waals surface area (Å²) in [6.07, 6.45) is 1.80. The highest BCUT2D eigenvalue weighted by atomic mass is 32.2. The second kappa shape index (κ2) is 14.5. The molecule has 222 valence electrons. The fourth-order valence-corrected chi connectivity index (χ4v) is 5.30. The van der Waals surface area contributed by atoms with Crippen LogP contribution >= 0.6 is 12.2 Å². The third-order valence-electron chi connectivity index (χ3n) is 6.51. The first-order chi connectivity index (χ1) is 20.6. The maximum atomic E-state index is 12.3. The summed E-state index contributed by atoms with van der Waals surface area (Å²) in [6.45, 7) is 0.443. The summed E-state index contributed by atoms with van der Waals surface area (Å²) in [7, 11) is -2.28. The first-order valence-electron chi connectivity index (χ1n) is 13.4. The number of nitrogens with zero attached hydrogens (tertiary/aromatic N) is 1. The van der Waals surface area contributed by atoms with E-state index in [1.807, 2.05) is 48.5 Å². The Kier molecular flexibility index (Phi) is 10.6. The molecule has 0 saturated heterocycles. The van der Waals surface area contributed by atoms with E-state index in [2.05, 4.69) is 10.3 Å². The summed E-state index contributed by atoms with van der Waals surface area (Å²) in [5.74, 6) is 1.41. The second-order valence-corrected chi connectivity index (χ2v) is 11.5. The Bertz CT molecular complexity index is 1720. The largest absolute Gasteiger partial charge is 0.497 e. The number of unbranched alkanes of at least 4 members (excludes halogenated alkanes) is 1. The molecule has 5 N–H and O–H groups in total. The average Bonchev–Trinajstić information content (AvgIpc) is 3.01.